The molecule has 0 spiro atoms. The van der Waals surface area contributed by atoms with Crippen LogP contribution in [0.3, 0.4) is 0 Å². The highest BCUT2D eigenvalue weighted by molar-refractivity contribution is 9.10. The summed E-state index contributed by atoms with van der Waals surface area (Å²) in [5.41, 5.74) is 1.16. The molecule has 2 aromatic rings. The van der Waals surface area contributed by atoms with Gasteiger partial charge in [-0.05, 0) is 64.0 Å². The lowest BCUT2D eigenvalue weighted by molar-refractivity contribution is -0.116. The summed E-state index contributed by atoms with van der Waals surface area (Å²) < 4.78 is 6.71. The van der Waals surface area contributed by atoms with E-state index in [4.69, 9.17) is 4.74 Å². The van der Waals surface area contributed by atoms with E-state index in [1.807, 2.05) is 35.7 Å². The summed E-state index contributed by atoms with van der Waals surface area (Å²) >= 11 is 5.04. The van der Waals surface area contributed by atoms with Crippen molar-refractivity contribution in [3.63, 3.8) is 0 Å². The second kappa shape index (κ2) is 10.3. The van der Waals surface area contributed by atoms with Crippen molar-refractivity contribution in [3.05, 3.63) is 56.7 Å². The maximum Gasteiger partial charge on any atom is 0.244 e. The maximum absolute atomic E-state index is 11.8. The van der Waals surface area contributed by atoms with Gasteiger partial charge in [0.1, 0.15) is 5.75 Å². The van der Waals surface area contributed by atoms with Crippen LogP contribution in [0.1, 0.15) is 30.2 Å². The van der Waals surface area contributed by atoms with Gasteiger partial charge in [-0.1, -0.05) is 25.5 Å². The first kappa shape index (κ1) is 18.7. The number of carbonyl (C=O) groups is 1. The van der Waals surface area contributed by atoms with Crippen LogP contribution in [-0.2, 0) is 11.2 Å². The number of hydrogen-bond donors (Lipinski definition) is 1. The molecule has 0 aliphatic rings. The number of halogens is 1. The molecule has 2 rings (SSSR count). The Morgan fingerprint density at radius 3 is 3.00 bits per heavy atom. The Labute approximate surface area is 155 Å². The predicted octanol–water partition coefficient (Wildman–Crippen LogP) is 5.06. The number of nitrogens with one attached hydrogen (secondary N) is 1. The molecule has 0 aliphatic carbocycles. The number of ether oxygens (including phenoxy) is 1. The molecule has 0 saturated heterocycles. The van der Waals surface area contributed by atoms with Gasteiger partial charge >= 0.3 is 0 Å². The predicted molar refractivity (Wildman–Crippen MR) is 105 cm³/mol. The van der Waals surface area contributed by atoms with Crippen LogP contribution in [0.4, 0.5) is 0 Å². The number of hydrogen-bond acceptors (Lipinski definition) is 3. The molecule has 0 fully saturated rings. The Morgan fingerprint density at radius 1 is 1.38 bits per heavy atom. The van der Waals surface area contributed by atoms with Gasteiger partial charge in [-0.15, -0.1) is 11.3 Å². The van der Waals surface area contributed by atoms with Gasteiger partial charge < -0.3 is 10.1 Å². The molecule has 0 saturated carbocycles. The van der Waals surface area contributed by atoms with Crippen LogP contribution < -0.4 is 10.1 Å². The standard InChI is InChI=1S/C19H22BrNO2S/c1-2-3-12-23-16-6-4-5-15(14-16)9-11-21-19(22)8-7-18-17(20)10-13-24-18/h4-8,10,13-14H,2-3,9,11-12H2,1H3,(H,21,22). The molecule has 0 aliphatic heterocycles. The average Bonchev–Trinajstić information content (AvgIpc) is 2.99. The number of unbranched alkanes of at least 4 members (excludes halogenated alkanes) is 1. The molecular weight excluding hydrogens is 386 g/mol. The molecule has 1 N–H and O–H groups in total. The molecule has 1 heterocycles. The fourth-order valence-corrected chi connectivity index (χ4v) is 3.49. The van der Waals surface area contributed by atoms with Crippen LogP contribution in [0.2, 0.25) is 0 Å². The normalized spacial score (nSPS) is 10.9. The molecule has 0 atom stereocenters. The molecule has 1 aromatic carbocycles. The van der Waals surface area contributed by atoms with Crippen molar-refractivity contribution in [2.75, 3.05) is 13.2 Å². The van der Waals surface area contributed by atoms with E-state index in [1.54, 1.807) is 17.4 Å². The molecule has 0 unspecified atom stereocenters. The minimum atomic E-state index is -0.0781. The fraction of sp³-hybridized carbons (Fsp3) is 0.316. The highest BCUT2D eigenvalue weighted by Crippen LogP contribution is 2.23. The van der Waals surface area contributed by atoms with E-state index in [2.05, 4.69) is 34.2 Å². The molecule has 1 aromatic heterocycles. The van der Waals surface area contributed by atoms with Crippen LogP contribution in [0.25, 0.3) is 6.08 Å². The minimum absolute atomic E-state index is 0.0781. The van der Waals surface area contributed by atoms with Gasteiger partial charge in [-0.3, -0.25) is 4.79 Å². The van der Waals surface area contributed by atoms with Crippen LogP contribution in [0.15, 0.2) is 46.3 Å². The van der Waals surface area contributed by atoms with Crippen molar-refractivity contribution >= 4 is 39.2 Å². The molecule has 24 heavy (non-hydrogen) atoms. The topological polar surface area (TPSA) is 38.3 Å². The van der Waals surface area contributed by atoms with Gasteiger partial charge in [0.15, 0.2) is 0 Å². The van der Waals surface area contributed by atoms with E-state index in [0.717, 1.165) is 46.5 Å². The third-order valence-electron chi connectivity index (χ3n) is 3.41. The molecule has 5 heteroatoms. The number of thiophene rings is 1. The lowest BCUT2D eigenvalue weighted by atomic mass is 10.1. The summed E-state index contributed by atoms with van der Waals surface area (Å²) in [5, 5.41) is 4.89. The van der Waals surface area contributed by atoms with E-state index in [-0.39, 0.29) is 5.91 Å². The summed E-state index contributed by atoms with van der Waals surface area (Å²) in [5.74, 6) is 0.820. The Hall–Kier alpha value is -1.59. The summed E-state index contributed by atoms with van der Waals surface area (Å²) in [6, 6.07) is 10.0. The maximum atomic E-state index is 11.8. The van der Waals surface area contributed by atoms with Crippen LogP contribution in [0, 0.1) is 0 Å². The van der Waals surface area contributed by atoms with Crippen molar-refractivity contribution in [1.82, 2.24) is 5.32 Å². The van der Waals surface area contributed by atoms with Crippen molar-refractivity contribution in [3.8, 4) is 5.75 Å². The summed E-state index contributed by atoms with van der Waals surface area (Å²) in [6.45, 7) is 3.50. The lowest BCUT2D eigenvalue weighted by Crippen LogP contribution is -2.23. The van der Waals surface area contributed by atoms with Crippen LogP contribution in [-0.4, -0.2) is 19.1 Å². The van der Waals surface area contributed by atoms with Gasteiger partial charge in [0.25, 0.3) is 0 Å². The van der Waals surface area contributed by atoms with Crippen LogP contribution >= 0.6 is 27.3 Å². The van der Waals surface area contributed by atoms with Gasteiger partial charge in [0.05, 0.1) is 6.61 Å². The second-order valence-electron chi connectivity index (χ2n) is 5.36. The number of carbonyl (C=O) groups excluding carboxylic acids is 1. The van der Waals surface area contributed by atoms with Crippen molar-refractivity contribution < 1.29 is 9.53 Å². The molecule has 0 radical (unpaired) electrons. The van der Waals surface area contributed by atoms with Crippen molar-refractivity contribution in [1.29, 1.82) is 0 Å². The highest BCUT2D eigenvalue weighted by Gasteiger charge is 2.01. The summed E-state index contributed by atoms with van der Waals surface area (Å²) in [4.78, 5) is 12.9. The smallest absolute Gasteiger partial charge is 0.244 e. The third-order valence-corrected chi connectivity index (χ3v) is 5.24. The summed E-state index contributed by atoms with van der Waals surface area (Å²) in [7, 11) is 0. The van der Waals surface area contributed by atoms with E-state index >= 15 is 0 Å². The SMILES string of the molecule is CCCCOc1cccc(CCNC(=O)C=Cc2sccc2Br)c1. The second-order valence-corrected chi connectivity index (χ2v) is 7.16. The molecule has 3 nitrogen and oxygen atoms in total. The van der Waals surface area contributed by atoms with Gasteiger partial charge in [0.2, 0.25) is 5.91 Å². The Kier molecular flexibility index (Phi) is 8.05. The van der Waals surface area contributed by atoms with Crippen molar-refractivity contribution in [2.45, 2.75) is 26.2 Å². The largest absolute Gasteiger partial charge is 0.494 e. The first-order valence-corrected chi connectivity index (χ1v) is 9.77. The number of rotatable bonds is 9. The zero-order valence-corrected chi connectivity index (χ0v) is 16.2. The van der Waals surface area contributed by atoms with Crippen LogP contribution in [0.5, 0.6) is 5.75 Å². The fourth-order valence-electron chi connectivity index (χ4n) is 2.09. The van der Waals surface area contributed by atoms with E-state index in [0.29, 0.717) is 6.54 Å². The third kappa shape index (κ3) is 6.49. The molecular formula is C19H22BrNO2S. The zero-order chi connectivity index (χ0) is 17.2. The Morgan fingerprint density at radius 2 is 2.25 bits per heavy atom. The average molecular weight is 408 g/mol. The Bertz CT molecular complexity index is 682. The monoisotopic (exact) mass is 407 g/mol. The zero-order valence-electron chi connectivity index (χ0n) is 13.8. The van der Waals surface area contributed by atoms with E-state index in [1.165, 1.54) is 0 Å². The van der Waals surface area contributed by atoms with Gasteiger partial charge in [-0.2, -0.15) is 0 Å². The number of benzene rings is 1. The lowest BCUT2D eigenvalue weighted by Gasteiger charge is -2.08. The molecule has 0 bridgehead atoms. The minimum Gasteiger partial charge on any atom is -0.494 e. The molecule has 128 valence electrons. The van der Waals surface area contributed by atoms with E-state index < -0.39 is 0 Å². The van der Waals surface area contributed by atoms with Gasteiger partial charge in [-0.25, -0.2) is 0 Å². The van der Waals surface area contributed by atoms with Gasteiger partial charge in [0, 0.05) is 22.0 Å². The Balaban J connectivity index is 1.75. The highest BCUT2D eigenvalue weighted by atomic mass is 79.9. The first-order valence-electron chi connectivity index (χ1n) is 8.09. The molecule has 1 amide bonds. The van der Waals surface area contributed by atoms with E-state index in [9.17, 15) is 4.79 Å². The first-order chi connectivity index (χ1) is 11.7. The summed E-state index contributed by atoms with van der Waals surface area (Å²) in [6.07, 6.45) is 6.37. The van der Waals surface area contributed by atoms with Crippen molar-refractivity contribution in [2.24, 2.45) is 0 Å². The number of amides is 1. The quantitative estimate of drug-likeness (QED) is 0.465.